The highest BCUT2D eigenvalue weighted by Crippen LogP contribution is 2.25. The van der Waals surface area contributed by atoms with Gasteiger partial charge < -0.3 is 15.1 Å². The molecule has 3 N–H and O–H groups in total. The molecule has 0 spiro atoms. The van der Waals surface area contributed by atoms with E-state index in [4.69, 9.17) is 10.2 Å². The zero-order valence-corrected chi connectivity index (χ0v) is 11.8. The number of aryl methyl sites for hydroxylation is 1. The lowest BCUT2D eigenvalue weighted by Gasteiger charge is -2.30. The second-order valence-corrected chi connectivity index (χ2v) is 5.26. The molecule has 20 heavy (non-hydrogen) atoms. The molecule has 6 nitrogen and oxygen atoms in total. The van der Waals surface area contributed by atoms with Gasteiger partial charge in [-0.15, -0.1) is 5.10 Å². The van der Waals surface area contributed by atoms with Crippen LogP contribution in [0.3, 0.4) is 0 Å². The van der Waals surface area contributed by atoms with Gasteiger partial charge in [0.15, 0.2) is 5.82 Å². The van der Waals surface area contributed by atoms with Gasteiger partial charge in [-0.2, -0.15) is 4.98 Å². The quantitative estimate of drug-likeness (QED) is 0.889. The molecule has 3 rings (SSSR count). The normalized spacial score (nSPS) is 16.8. The number of H-pyrrole nitrogens is 1. The van der Waals surface area contributed by atoms with Crippen molar-refractivity contribution in [2.24, 2.45) is 11.7 Å². The van der Waals surface area contributed by atoms with Crippen LogP contribution in [0.15, 0.2) is 16.7 Å². The molecule has 0 amide bonds. The number of hydrogen-bond donors (Lipinski definition) is 2. The molecule has 0 aromatic carbocycles. The van der Waals surface area contributed by atoms with E-state index in [0.717, 1.165) is 62.0 Å². The fourth-order valence-electron chi connectivity index (χ4n) is 2.71. The van der Waals surface area contributed by atoms with E-state index < -0.39 is 0 Å². The zero-order chi connectivity index (χ0) is 13.9. The molecule has 1 fully saturated rings. The van der Waals surface area contributed by atoms with E-state index in [9.17, 15) is 0 Å². The van der Waals surface area contributed by atoms with Gasteiger partial charge in [0.1, 0.15) is 5.76 Å². The van der Waals surface area contributed by atoms with Crippen LogP contribution >= 0.6 is 0 Å². The van der Waals surface area contributed by atoms with Crippen molar-refractivity contribution in [2.45, 2.75) is 26.2 Å². The predicted octanol–water partition coefficient (Wildman–Crippen LogP) is 1.80. The number of aromatic nitrogens is 3. The highest BCUT2D eigenvalue weighted by atomic mass is 16.3. The summed E-state index contributed by atoms with van der Waals surface area (Å²) in [5.74, 6) is 3.14. The minimum absolute atomic E-state index is 0.644. The number of nitrogens with two attached hydrogens (primary N) is 1. The van der Waals surface area contributed by atoms with E-state index in [-0.39, 0.29) is 0 Å². The number of nitrogens with one attached hydrogen (secondary N) is 1. The van der Waals surface area contributed by atoms with E-state index in [0.29, 0.717) is 5.92 Å². The standard InChI is InChI=1S/C14H21N5O/c1-2-12-11(5-8-20-12)13-16-14(18-17-13)19-6-3-10(9-15)4-7-19/h5,8,10H,2-4,6-7,9,15H2,1H3,(H,16,17,18). The first-order valence-corrected chi connectivity index (χ1v) is 7.26. The summed E-state index contributed by atoms with van der Waals surface area (Å²) in [6.07, 6.45) is 4.78. The molecule has 2 aromatic heterocycles. The topological polar surface area (TPSA) is 84.0 Å². The van der Waals surface area contributed by atoms with Gasteiger partial charge >= 0.3 is 0 Å². The summed E-state index contributed by atoms with van der Waals surface area (Å²) in [4.78, 5) is 6.82. The molecule has 1 aliphatic rings. The lowest BCUT2D eigenvalue weighted by Crippen LogP contribution is -2.36. The van der Waals surface area contributed by atoms with Crippen molar-refractivity contribution in [2.75, 3.05) is 24.5 Å². The Morgan fingerprint density at radius 2 is 2.25 bits per heavy atom. The summed E-state index contributed by atoms with van der Waals surface area (Å²) in [6.45, 7) is 4.80. The highest BCUT2D eigenvalue weighted by Gasteiger charge is 2.21. The third-order valence-corrected chi connectivity index (χ3v) is 4.03. The molecule has 2 aromatic rings. The highest BCUT2D eigenvalue weighted by molar-refractivity contribution is 5.58. The third kappa shape index (κ3) is 2.43. The average Bonchev–Trinajstić information content (AvgIpc) is 3.15. The van der Waals surface area contributed by atoms with E-state index >= 15 is 0 Å². The molecule has 1 saturated heterocycles. The Balaban J connectivity index is 1.74. The molecular formula is C14H21N5O. The lowest BCUT2D eigenvalue weighted by molar-refractivity contribution is 0.411. The molecular weight excluding hydrogens is 254 g/mol. The van der Waals surface area contributed by atoms with Gasteiger partial charge in [0, 0.05) is 19.5 Å². The van der Waals surface area contributed by atoms with Gasteiger partial charge in [0.05, 0.1) is 11.8 Å². The minimum atomic E-state index is 0.644. The summed E-state index contributed by atoms with van der Waals surface area (Å²) in [7, 11) is 0. The molecule has 108 valence electrons. The summed E-state index contributed by atoms with van der Waals surface area (Å²) in [6, 6.07) is 1.93. The summed E-state index contributed by atoms with van der Waals surface area (Å²) in [5, 5.41) is 7.36. The molecule has 0 radical (unpaired) electrons. The maximum atomic E-state index is 5.72. The molecule has 0 unspecified atom stereocenters. The molecule has 0 atom stereocenters. The summed E-state index contributed by atoms with van der Waals surface area (Å²) in [5.41, 5.74) is 6.72. The minimum Gasteiger partial charge on any atom is -0.469 e. The summed E-state index contributed by atoms with van der Waals surface area (Å²) < 4.78 is 5.44. The van der Waals surface area contributed by atoms with Crippen LogP contribution in [0, 0.1) is 5.92 Å². The lowest BCUT2D eigenvalue weighted by atomic mass is 9.97. The molecule has 1 aliphatic heterocycles. The smallest absolute Gasteiger partial charge is 0.245 e. The number of furan rings is 1. The Hall–Kier alpha value is -1.82. The van der Waals surface area contributed by atoms with Gasteiger partial charge in [-0.1, -0.05) is 6.92 Å². The van der Waals surface area contributed by atoms with Crippen LogP contribution in [0.4, 0.5) is 5.95 Å². The monoisotopic (exact) mass is 275 g/mol. The number of hydrogen-bond acceptors (Lipinski definition) is 5. The van der Waals surface area contributed by atoms with E-state index in [1.54, 1.807) is 6.26 Å². The first kappa shape index (κ1) is 13.2. The fourth-order valence-corrected chi connectivity index (χ4v) is 2.71. The van der Waals surface area contributed by atoms with Crippen LogP contribution in [-0.2, 0) is 6.42 Å². The van der Waals surface area contributed by atoms with Gasteiger partial charge in [-0.05, 0) is 31.4 Å². The van der Waals surface area contributed by atoms with Crippen LogP contribution < -0.4 is 10.6 Å². The van der Waals surface area contributed by atoms with Crippen LogP contribution in [0.25, 0.3) is 11.4 Å². The molecule has 0 saturated carbocycles. The number of anilines is 1. The van der Waals surface area contributed by atoms with Crippen LogP contribution in [-0.4, -0.2) is 34.8 Å². The number of rotatable bonds is 4. The van der Waals surface area contributed by atoms with Crippen molar-refractivity contribution in [3.05, 3.63) is 18.1 Å². The van der Waals surface area contributed by atoms with Crippen LogP contribution in [0.2, 0.25) is 0 Å². The van der Waals surface area contributed by atoms with Crippen LogP contribution in [0.1, 0.15) is 25.5 Å². The maximum Gasteiger partial charge on any atom is 0.245 e. The first-order valence-electron chi connectivity index (χ1n) is 7.26. The number of piperidine rings is 1. The third-order valence-electron chi connectivity index (χ3n) is 4.03. The number of nitrogens with zero attached hydrogens (tertiary/aromatic N) is 3. The largest absolute Gasteiger partial charge is 0.469 e. The first-order chi connectivity index (χ1) is 9.81. The second-order valence-electron chi connectivity index (χ2n) is 5.26. The molecule has 0 bridgehead atoms. The number of aromatic amines is 1. The zero-order valence-electron chi connectivity index (χ0n) is 11.8. The van der Waals surface area contributed by atoms with Crippen molar-refractivity contribution in [1.29, 1.82) is 0 Å². The van der Waals surface area contributed by atoms with Gasteiger partial charge in [-0.25, -0.2) is 0 Å². The van der Waals surface area contributed by atoms with Crippen molar-refractivity contribution in [3.8, 4) is 11.4 Å². The van der Waals surface area contributed by atoms with Crippen LogP contribution in [0.5, 0.6) is 0 Å². The van der Waals surface area contributed by atoms with Crippen molar-refractivity contribution in [3.63, 3.8) is 0 Å². The van der Waals surface area contributed by atoms with Gasteiger partial charge in [0.25, 0.3) is 0 Å². The second kappa shape index (κ2) is 5.66. The molecule has 6 heteroatoms. The Morgan fingerprint density at radius 1 is 1.45 bits per heavy atom. The summed E-state index contributed by atoms with van der Waals surface area (Å²) >= 11 is 0. The van der Waals surface area contributed by atoms with E-state index in [1.165, 1.54) is 0 Å². The van der Waals surface area contributed by atoms with Crippen molar-refractivity contribution < 1.29 is 4.42 Å². The maximum absolute atomic E-state index is 5.72. The SMILES string of the molecule is CCc1occc1-c1nc(N2CCC(CN)CC2)n[nH]1. The van der Waals surface area contributed by atoms with E-state index in [1.807, 2.05) is 6.07 Å². The fraction of sp³-hybridized carbons (Fsp3) is 0.571. The predicted molar refractivity (Wildman–Crippen MR) is 77.5 cm³/mol. The molecule has 0 aliphatic carbocycles. The molecule has 3 heterocycles. The Morgan fingerprint density at radius 3 is 2.95 bits per heavy atom. The Bertz CT molecular complexity index is 553. The van der Waals surface area contributed by atoms with Crippen molar-refractivity contribution >= 4 is 5.95 Å². The van der Waals surface area contributed by atoms with E-state index in [2.05, 4.69) is 27.0 Å². The van der Waals surface area contributed by atoms with Gasteiger partial charge in [0.2, 0.25) is 5.95 Å². The van der Waals surface area contributed by atoms with Gasteiger partial charge in [-0.3, -0.25) is 5.10 Å². The average molecular weight is 275 g/mol. The Kier molecular flexibility index (Phi) is 3.73. The Labute approximate surface area is 118 Å². The van der Waals surface area contributed by atoms with Crippen molar-refractivity contribution in [1.82, 2.24) is 15.2 Å².